The Bertz CT molecular complexity index is 239. The molecule has 0 saturated carbocycles. The first-order valence-corrected chi connectivity index (χ1v) is 5.50. The minimum Gasteiger partial charge on any atom is -0.318 e. The minimum atomic E-state index is -3.48. The van der Waals surface area contributed by atoms with Gasteiger partial charge in [0.2, 0.25) is 0 Å². The molecule has 0 spiro atoms. The molecule has 1 rings (SSSR count). The highest BCUT2D eigenvalue weighted by Crippen LogP contribution is 2.18. The van der Waals surface area contributed by atoms with Gasteiger partial charge in [-0.15, -0.1) is 0 Å². The Morgan fingerprint density at radius 2 is 2.33 bits per heavy atom. The molecule has 6 heteroatoms. The lowest BCUT2D eigenvalue weighted by Gasteiger charge is -2.20. The van der Waals surface area contributed by atoms with Crippen molar-refractivity contribution < 1.29 is 8.42 Å². The van der Waals surface area contributed by atoms with Gasteiger partial charge in [0.1, 0.15) is 0 Å². The van der Waals surface area contributed by atoms with Crippen LogP contribution in [0.5, 0.6) is 0 Å². The molecule has 0 amide bonds. The molecule has 0 aromatic carbocycles. The van der Waals surface area contributed by atoms with E-state index in [-0.39, 0.29) is 6.04 Å². The fraction of sp³-hybridized carbons (Fsp3) is 1.00. The Morgan fingerprint density at radius 1 is 1.67 bits per heavy atom. The summed E-state index contributed by atoms with van der Waals surface area (Å²) in [7, 11) is -1.68. The SMILES string of the molecule is CNCC1CCCN1S(N)(=O)=O. The molecule has 0 aromatic rings. The molecule has 5 nitrogen and oxygen atoms in total. The second-order valence-electron chi connectivity index (χ2n) is 3.01. The van der Waals surface area contributed by atoms with Crippen LogP contribution < -0.4 is 10.5 Å². The van der Waals surface area contributed by atoms with Crippen LogP contribution in [0.25, 0.3) is 0 Å². The molecule has 1 heterocycles. The van der Waals surface area contributed by atoms with E-state index < -0.39 is 10.2 Å². The summed E-state index contributed by atoms with van der Waals surface area (Å²) in [6, 6.07) is 0.0463. The largest absolute Gasteiger partial charge is 0.318 e. The van der Waals surface area contributed by atoms with Crippen molar-refractivity contribution in [3.8, 4) is 0 Å². The van der Waals surface area contributed by atoms with Gasteiger partial charge in [0.05, 0.1) is 0 Å². The first kappa shape index (κ1) is 9.91. The third-order valence-electron chi connectivity index (χ3n) is 2.09. The van der Waals surface area contributed by atoms with E-state index in [2.05, 4.69) is 5.32 Å². The van der Waals surface area contributed by atoms with E-state index in [9.17, 15) is 8.42 Å². The van der Waals surface area contributed by atoms with Crippen LogP contribution in [0.2, 0.25) is 0 Å². The number of likely N-dealkylation sites (N-methyl/N-ethyl adjacent to an activating group) is 1. The highest BCUT2D eigenvalue weighted by molar-refractivity contribution is 7.86. The summed E-state index contributed by atoms with van der Waals surface area (Å²) >= 11 is 0. The van der Waals surface area contributed by atoms with Crippen molar-refractivity contribution >= 4 is 10.2 Å². The van der Waals surface area contributed by atoms with E-state index in [4.69, 9.17) is 5.14 Å². The summed E-state index contributed by atoms with van der Waals surface area (Å²) in [5, 5.41) is 7.98. The van der Waals surface area contributed by atoms with E-state index in [1.165, 1.54) is 4.31 Å². The van der Waals surface area contributed by atoms with E-state index >= 15 is 0 Å². The zero-order valence-corrected chi connectivity index (χ0v) is 7.97. The predicted octanol–water partition coefficient (Wildman–Crippen LogP) is -1.13. The summed E-state index contributed by atoms with van der Waals surface area (Å²) in [5.74, 6) is 0. The van der Waals surface area contributed by atoms with Crippen LogP contribution in [0.1, 0.15) is 12.8 Å². The molecule has 0 radical (unpaired) electrons. The van der Waals surface area contributed by atoms with E-state index in [0.717, 1.165) is 12.8 Å². The first-order chi connectivity index (χ1) is 5.55. The molecule has 0 aromatic heterocycles. The second-order valence-corrected chi connectivity index (χ2v) is 4.51. The monoisotopic (exact) mass is 193 g/mol. The molecule has 12 heavy (non-hydrogen) atoms. The second kappa shape index (κ2) is 3.69. The number of nitrogens with one attached hydrogen (secondary N) is 1. The number of hydrogen-bond donors (Lipinski definition) is 2. The maximum absolute atomic E-state index is 11.0. The van der Waals surface area contributed by atoms with Crippen molar-refractivity contribution in [1.82, 2.24) is 9.62 Å². The van der Waals surface area contributed by atoms with Crippen LogP contribution in [0, 0.1) is 0 Å². The van der Waals surface area contributed by atoms with Gasteiger partial charge in [0, 0.05) is 19.1 Å². The van der Waals surface area contributed by atoms with Crippen molar-refractivity contribution in [2.75, 3.05) is 20.1 Å². The van der Waals surface area contributed by atoms with Crippen molar-refractivity contribution in [2.45, 2.75) is 18.9 Å². The lowest BCUT2D eigenvalue weighted by molar-refractivity contribution is 0.380. The lowest BCUT2D eigenvalue weighted by atomic mass is 10.2. The van der Waals surface area contributed by atoms with E-state index in [0.29, 0.717) is 13.1 Å². The summed E-state index contributed by atoms with van der Waals surface area (Å²) < 4.78 is 23.4. The lowest BCUT2D eigenvalue weighted by Crippen LogP contribution is -2.44. The molecule has 3 N–H and O–H groups in total. The number of nitrogens with zero attached hydrogens (tertiary/aromatic N) is 1. The molecule has 0 aliphatic carbocycles. The van der Waals surface area contributed by atoms with Gasteiger partial charge in [-0.1, -0.05) is 0 Å². The Hall–Kier alpha value is -0.170. The fourth-order valence-electron chi connectivity index (χ4n) is 1.58. The average Bonchev–Trinajstić information content (AvgIpc) is 2.34. The van der Waals surface area contributed by atoms with E-state index in [1.54, 1.807) is 7.05 Å². The zero-order chi connectivity index (χ0) is 9.19. The number of nitrogens with two attached hydrogens (primary N) is 1. The van der Waals surface area contributed by atoms with Crippen molar-refractivity contribution in [1.29, 1.82) is 0 Å². The van der Waals surface area contributed by atoms with Crippen LogP contribution in [0.3, 0.4) is 0 Å². The third-order valence-corrected chi connectivity index (χ3v) is 3.22. The predicted molar refractivity (Wildman–Crippen MR) is 46.8 cm³/mol. The molecule has 0 bridgehead atoms. The summed E-state index contributed by atoms with van der Waals surface area (Å²) in [5.41, 5.74) is 0. The highest BCUT2D eigenvalue weighted by atomic mass is 32.2. The zero-order valence-electron chi connectivity index (χ0n) is 7.16. The highest BCUT2D eigenvalue weighted by Gasteiger charge is 2.30. The Balaban J connectivity index is 2.64. The number of rotatable bonds is 3. The fourth-order valence-corrected chi connectivity index (χ4v) is 2.56. The normalized spacial score (nSPS) is 26.3. The quantitative estimate of drug-likeness (QED) is 0.596. The Kier molecular flexibility index (Phi) is 3.05. The van der Waals surface area contributed by atoms with Crippen LogP contribution in [0.4, 0.5) is 0 Å². The molecule has 72 valence electrons. The van der Waals surface area contributed by atoms with Crippen molar-refractivity contribution in [2.24, 2.45) is 5.14 Å². The van der Waals surface area contributed by atoms with Gasteiger partial charge in [-0.05, 0) is 19.9 Å². The summed E-state index contributed by atoms with van der Waals surface area (Å²) in [4.78, 5) is 0. The van der Waals surface area contributed by atoms with Gasteiger partial charge >= 0.3 is 0 Å². The van der Waals surface area contributed by atoms with Crippen LogP contribution in [-0.2, 0) is 10.2 Å². The molecule has 1 unspecified atom stereocenters. The molecule has 1 aliphatic rings. The third kappa shape index (κ3) is 2.16. The van der Waals surface area contributed by atoms with Gasteiger partial charge in [0.15, 0.2) is 0 Å². The molecular weight excluding hydrogens is 178 g/mol. The van der Waals surface area contributed by atoms with Gasteiger partial charge in [-0.25, -0.2) is 5.14 Å². The molecule has 1 saturated heterocycles. The smallest absolute Gasteiger partial charge is 0.277 e. The maximum atomic E-state index is 11.0. The molecule has 1 fully saturated rings. The van der Waals surface area contributed by atoms with Crippen LogP contribution in [-0.4, -0.2) is 38.9 Å². The topological polar surface area (TPSA) is 75.4 Å². The Morgan fingerprint density at radius 3 is 2.83 bits per heavy atom. The van der Waals surface area contributed by atoms with Gasteiger partial charge < -0.3 is 5.32 Å². The van der Waals surface area contributed by atoms with Gasteiger partial charge in [-0.3, -0.25) is 0 Å². The minimum absolute atomic E-state index is 0.0463. The van der Waals surface area contributed by atoms with Gasteiger partial charge in [0.25, 0.3) is 10.2 Å². The van der Waals surface area contributed by atoms with Gasteiger partial charge in [-0.2, -0.15) is 12.7 Å². The molecular formula is C6H15N3O2S. The molecule has 1 aliphatic heterocycles. The van der Waals surface area contributed by atoms with E-state index in [1.807, 2.05) is 0 Å². The maximum Gasteiger partial charge on any atom is 0.277 e. The standard InChI is InChI=1S/C6H15N3O2S/c1-8-5-6-3-2-4-9(6)12(7,10)11/h6,8H,2-5H2,1H3,(H2,7,10,11). The number of hydrogen-bond acceptors (Lipinski definition) is 3. The first-order valence-electron chi connectivity index (χ1n) is 4.00. The average molecular weight is 193 g/mol. The Labute approximate surface area is 73.1 Å². The van der Waals surface area contributed by atoms with Crippen LogP contribution >= 0.6 is 0 Å². The van der Waals surface area contributed by atoms with Crippen molar-refractivity contribution in [3.63, 3.8) is 0 Å². The summed E-state index contributed by atoms with van der Waals surface area (Å²) in [6.07, 6.45) is 1.81. The van der Waals surface area contributed by atoms with Crippen LogP contribution in [0.15, 0.2) is 0 Å². The van der Waals surface area contributed by atoms with Crippen molar-refractivity contribution in [3.05, 3.63) is 0 Å². The molecule has 1 atom stereocenters. The summed E-state index contributed by atoms with van der Waals surface area (Å²) in [6.45, 7) is 1.24.